The van der Waals surface area contributed by atoms with E-state index in [1.807, 2.05) is 14.0 Å². The van der Waals surface area contributed by atoms with Crippen LogP contribution in [0.4, 0.5) is 0 Å². The molecular weight excluding hydrogens is 296 g/mol. The van der Waals surface area contributed by atoms with Crippen LogP contribution in [0.1, 0.15) is 50.2 Å². The van der Waals surface area contributed by atoms with Gasteiger partial charge in [-0.3, -0.25) is 4.79 Å². The Bertz CT molecular complexity index is 543. The van der Waals surface area contributed by atoms with Gasteiger partial charge in [-0.05, 0) is 33.2 Å². The molecule has 7 nitrogen and oxygen atoms in total. The zero-order chi connectivity index (χ0) is 16.4. The maximum atomic E-state index is 12.8. The van der Waals surface area contributed by atoms with Crippen molar-refractivity contribution in [3.63, 3.8) is 0 Å². The van der Waals surface area contributed by atoms with Gasteiger partial charge in [-0.25, -0.2) is 0 Å². The first-order valence-electron chi connectivity index (χ1n) is 8.56. The summed E-state index contributed by atoms with van der Waals surface area (Å²) in [6.45, 7) is 4.27. The smallest absolute Gasteiger partial charge is 0.229 e. The highest BCUT2D eigenvalue weighted by Crippen LogP contribution is 2.35. The van der Waals surface area contributed by atoms with Gasteiger partial charge in [-0.2, -0.15) is 4.98 Å². The van der Waals surface area contributed by atoms with Crippen LogP contribution in [0.3, 0.4) is 0 Å². The van der Waals surface area contributed by atoms with Gasteiger partial charge in [0.15, 0.2) is 5.82 Å². The van der Waals surface area contributed by atoms with E-state index < -0.39 is 6.10 Å². The van der Waals surface area contributed by atoms with Crippen LogP contribution >= 0.6 is 0 Å². The van der Waals surface area contributed by atoms with Crippen LogP contribution in [0.25, 0.3) is 0 Å². The van der Waals surface area contributed by atoms with E-state index in [0.29, 0.717) is 43.7 Å². The highest BCUT2D eigenvalue weighted by atomic mass is 16.5. The van der Waals surface area contributed by atoms with E-state index >= 15 is 0 Å². The Labute approximate surface area is 136 Å². The minimum Gasteiger partial charge on any atom is -0.392 e. The minimum atomic E-state index is -0.566. The maximum absolute atomic E-state index is 12.8. The molecule has 1 amide bonds. The third kappa shape index (κ3) is 3.55. The van der Waals surface area contributed by atoms with Crippen LogP contribution < -0.4 is 0 Å². The predicted molar refractivity (Wildman–Crippen MR) is 83.6 cm³/mol. The van der Waals surface area contributed by atoms with Gasteiger partial charge in [-0.15, -0.1) is 0 Å². The summed E-state index contributed by atoms with van der Waals surface area (Å²) in [5, 5.41) is 14.2. The average molecular weight is 322 g/mol. The van der Waals surface area contributed by atoms with Crippen molar-refractivity contribution in [2.24, 2.45) is 5.92 Å². The second-order valence-electron chi connectivity index (χ2n) is 6.75. The molecule has 0 spiro atoms. The molecule has 2 heterocycles. The lowest BCUT2D eigenvalue weighted by Gasteiger charge is -2.35. The number of amides is 1. The van der Waals surface area contributed by atoms with E-state index in [2.05, 4.69) is 15.0 Å². The Kier molecular flexibility index (Phi) is 4.96. The van der Waals surface area contributed by atoms with Crippen LogP contribution in [0.5, 0.6) is 0 Å². The van der Waals surface area contributed by atoms with E-state index in [4.69, 9.17) is 4.52 Å². The number of likely N-dealkylation sites (tertiary alicyclic amines) is 1. The number of piperidine rings is 1. The largest absolute Gasteiger partial charge is 0.392 e. The number of nitrogens with zero attached hydrogens (tertiary/aromatic N) is 4. The Morgan fingerprint density at radius 1 is 1.43 bits per heavy atom. The molecule has 2 fully saturated rings. The monoisotopic (exact) mass is 322 g/mol. The van der Waals surface area contributed by atoms with Gasteiger partial charge in [0, 0.05) is 25.6 Å². The number of carbonyl (C=O) groups is 1. The normalized spacial score (nSPS) is 26.0. The molecule has 1 aromatic heterocycles. The molecule has 23 heavy (non-hydrogen) atoms. The van der Waals surface area contributed by atoms with Crippen LogP contribution in [0.15, 0.2) is 4.52 Å². The summed E-state index contributed by atoms with van der Waals surface area (Å²) in [6.07, 6.45) is 3.51. The SMILES string of the molecule is CCN(Cc1noc(C2CCC2)n1)C(=O)[C@@H]1CN(C)CC[C@@H]1O. The Hall–Kier alpha value is -1.47. The van der Waals surface area contributed by atoms with E-state index in [1.165, 1.54) is 6.42 Å². The molecular formula is C16H26N4O3. The summed E-state index contributed by atoms with van der Waals surface area (Å²) >= 11 is 0. The average Bonchev–Trinajstić information content (AvgIpc) is 2.93. The van der Waals surface area contributed by atoms with Crippen LogP contribution in [0.2, 0.25) is 0 Å². The fourth-order valence-electron chi connectivity index (χ4n) is 3.25. The molecule has 3 rings (SSSR count). The second kappa shape index (κ2) is 6.97. The minimum absolute atomic E-state index is 0.0263. The molecule has 0 radical (unpaired) electrons. The molecule has 1 saturated heterocycles. The summed E-state index contributed by atoms with van der Waals surface area (Å²) in [4.78, 5) is 21.0. The number of hydrogen-bond acceptors (Lipinski definition) is 6. The van der Waals surface area contributed by atoms with Crippen molar-refractivity contribution in [1.82, 2.24) is 19.9 Å². The molecule has 1 aromatic rings. The summed E-state index contributed by atoms with van der Waals surface area (Å²) in [5.41, 5.74) is 0. The van der Waals surface area contributed by atoms with Gasteiger partial charge in [0.2, 0.25) is 11.8 Å². The number of hydrogen-bond donors (Lipinski definition) is 1. The third-order valence-corrected chi connectivity index (χ3v) is 5.06. The first-order valence-corrected chi connectivity index (χ1v) is 8.56. The molecule has 1 aliphatic heterocycles. The summed E-state index contributed by atoms with van der Waals surface area (Å²) < 4.78 is 5.32. The van der Waals surface area contributed by atoms with E-state index in [0.717, 1.165) is 19.4 Å². The molecule has 0 unspecified atom stereocenters. The van der Waals surface area contributed by atoms with Gasteiger partial charge in [0.1, 0.15) is 0 Å². The fourth-order valence-corrected chi connectivity index (χ4v) is 3.25. The number of carbonyl (C=O) groups excluding carboxylic acids is 1. The maximum Gasteiger partial charge on any atom is 0.229 e. The first-order chi connectivity index (χ1) is 11.1. The molecule has 7 heteroatoms. The van der Waals surface area contributed by atoms with Crippen molar-refractivity contribution in [3.8, 4) is 0 Å². The topological polar surface area (TPSA) is 82.7 Å². The zero-order valence-corrected chi connectivity index (χ0v) is 13.9. The molecule has 0 bridgehead atoms. The predicted octanol–water partition coefficient (Wildman–Crippen LogP) is 0.998. The van der Waals surface area contributed by atoms with Crippen molar-refractivity contribution in [2.45, 2.75) is 51.2 Å². The lowest BCUT2D eigenvalue weighted by molar-refractivity contribution is -0.142. The van der Waals surface area contributed by atoms with Crippen molar-refractivity contribution < 1.29 is 14.4 Å². The fraction of sp³-hybridized carbons (Fsp3) is 0.812. The van der Waals surface area contributed by atoms with Crippen molar-refractivity contribution in [1.29, 1.82) is 0 Å². The zero-order valence-electron chi connectivity index (χ0n) is 13.9. The lowest BCUT2D eigenvalue weighted by atomic mass is 9.85. The van der Waals surface area contributed by atoms with Crippen LogP contribution in [-0.4, -0.2) is 63.7 Å². The molecule has 2 aliphatic rings. The molecule has 2 atom stereocenters. The van der Waals surface area contributed by atoms with Gasteiger partial charge >= 0.3 is 0 Å². The van der Waals surface area contributed by atoms with Crippen molar-refractivity contribution in [3.05, 3.63) is 11.7 Å². The van der Waals surface area contributed by atoms with Gasteiger partial charge in [0.25, 0.3) is 0 Å². The molecule has 1 aliphatic carbocycles. The Morgan fingerprint density at radius 3 is 2.87 bits per heavy atom. The first kappa shape index (κ1) is 16.4. The Balaban J connectivity index is 1.64. The van der Waals surface area contributed by atoms with Crippen LogP contribution in [0, 0.1) is 5.92 Å². The molecule has 128 valence electrons. The lowest BCUT2D eigenvalue weighted by Crippen LogP contribution is -2.49. The summed E-state index contributed by atoms with van der Waals surface area (Å²) in [6, 6.07) is 0. The van der Waals surface area contributed by atoms with Crippen LogP contribution in [-0.2, 0) is 11.3 Å². The van der Waals surface area contributed by atoms with E-state index in [1.54, 1.807) is 4.90 Å². The standard InChI is InChI=1S/C16H26N4O3/c1-3-20(16(22)12-9-19(2)8-7-13(12)21)10-14-17-15(23-18-14)11-5-4-6-11/h11-13,21H,3-10H2,1-2H3/t12-,13+/m1/s1. The molecule has 1 saturated carbocycles. The number of rotatable bonds is 5. The van der Waals surface area contributed by atoms with Crippen molar-refractivity contribution >= 4 is 5.91 Å². The number of aromatic nitrogens is 2. The van der Waals surface area contributed by atoms with E-state index in [-0.39, 0.29) is 11.8 Å². The second-order valence-corrected chi connectivity index (χ2v) is 6.75. The number of aliphatic hydroxyl groups is 1. The van der Waals surface area contributed by atoms with Crippen molar-refractivity contribution in [2.75, 3.05) is 26.7 Å². The number of aliphatic hydroxyl groups excluding tert-OH is 1. The molecule has 0 aromatic carbocycles. The van der Waals surface area contributed by atoms with Gasteiger partial charge in [0.05, 0.1) is 18.6 Å². The summed E-state index contributed by atoms with van der Waals surface area (Å²) in [7, 11) is 1.98. The highest BCUT2D eigenvalue weighted by Gasteiger charge is 2.35. The summed E-state index contributed by atoms with van der Waals surface area (Å²) in [5.74, 6) is 1.26. The Morgan fingerprint density at radius 2 is 2.22 bits per heavy atom. The van der Waals surface area contributed by atoms with Gasteiger partial charge in [-0.1, -0.05) is 11.6 Å². The third-order valence-electron chi connectivity index (χ3n) is 5.06. The quantitative estimate of drug-likeness (QED) is 0.871. The highest BCUT2D eigenvalue weighted by molar-refractivity contribution is 5.79. The molecule has 1 N–H and O–H groups in total. The van der Waals surface area contributed by atoms with Gasteiger partial charge < -0.3 is 19.4 Å². The van der Waals surface area contributed by atoms with E-state index in [9.17, 15) is 9.90 Å².